The van der Waals surface area contributed by atoms with Crippen LogP contribution in [0.4, 0.5) is 10.7 Å². The summed E-state index contributed by atoms with van der Waals surface area (Å²) in [4.78, 5) is 22.6. The van der Waals surface area contributed by atoms with Gasteiger partial charge in [0.1, 0.15) is 11.4 Å². The lowest BCUT2D eigenvalue weighted by Gasteiger charge is -2.20. The Labute approximate surface area is 198 Å². The predicted octanol–water partition coefficient (Wildman–Crippen LogP) is 5.83. The van der Waals surface area contributed by atoms with Gasteiger partial charge in [0.05, 0.1) is 35.2 Å². The van der Waals surface area contributed by atoms with Crippen molar-refractivity contribution in [1.29, 1.82) is 0 Å². The molecule has 0 bridgehead atoms. The maximum Gasteiger partial charge on any atom is 0.420 e. The maximum absolute atomic E-state index is 13.1. The van der Waals surface area contributed by atoms with E-state index in [4.69, 9.17) is 14.7 Å². The molecule has 0 aliphatic rings. The number of nitrogens with one attached hydrogen (secondary N) is 1. The fourth-order valence-electron chi connectivity index (χ4n) is 4.00. The zero-order valence-corrected chi connectivity index (χ0v) is 19.5. The topological polar surface area (TPSA) is 74.0 Å². The van der Waals surface area contributed by atoms with Crippen LogP contribution in [-0.4, -0.2) is 30.8 Å². The molecular formula is C27H27N5O2. The van der Waals surface area contributed by atoms with Gasteiger partial charge >= 0.3 is 6.09 Å². The van der Waals surface area contributed by atoms with Crippen LogP contribution in [0.25, 0.3) is 22.1 Å². The van der Waals surface area contributed by atoms with Crippen molar-refractivity contribution in [2.24, 2.45) is 0 Å². The molecule has 172 valence electrons. The Morgan fingerprint density at radius 3 is 2.18 bits per heavy atom. The van der Waals surface area contributed by atoms with Gasteiger partial charge in [-0.15, -0.1) is 0 Å². The van der Waals surface area contributed by atoms with Crippen LogP contribution in [0, 0.1) is 0 Å². The molecule has 0 unspecified atom stereocenters. The monoisotopic (exact) mass is 453 g/mol. The molecule has 2 heterocycles. The Morgan fingerprint density at radius 2 is 1.47 bits per heavy atom. The molecule has 0 aliphatic heterocycles. The van der Waals surface area contributed by atoms with E-state index in [1.54, 1.807) is 0 Å². The van der Waals surface area contributed by atoms with Crippen molar-refractivity contribution in [2.45, 2.75) is 39.5 Å². The SMILES string of the molecule is CC(C)(C)OC(=O)n1c(CNc2nc3ccccc3n2Cc2ccccc2)nc2ccccc21. The maximum atomic E-state index is 13.1. The number of anilines is 1. The first-order valence-electron chi connectivity index (χ1n) is 11.3. The first kappa shape index (κ1) is 21.7. The number of para-hydroxylation sites is 4. The number of nitrogens with zero attached hydrogens (tertiary/aromatic N) is 4. The van der Waals surface area contributed by atoms with E-state index < -0.39 is 11.7 Å². The van der Waals surface area contributed by atoms with Gasteiger partial charge < -0.3 is 14.6 Å². The van der Waals surface area contributed by atoms with Crippen LogP contribution in [0.5, 0.6) is 0 Å². The van der Waals surface area contributed by atoms with Crippen molar-refractivity contribution in [3.63, 3.8) is 0 Å². The summed E-state index contributed by atoms with van der Waals surface area (Å²) in [5, 5.41) is 3.42. The third-order valence-electron chi connectivity index (χ3n) is 5.45. The minimum atomic E-state index is -0.614. The van der Waals surface area contributed by atoms with Gasteiger partial charge in [0.25, 0.3) is 0 Å². The summed E-state index contributed by atoms with van der Waals surface area (Å²) in [6.45, 7) is 6.55. The molecule has 5 aromatic rings. The summed E-state index contributed by atoms with van der Waals surface area (Å²) < 4.78 is 9.35. The Kier molecular flexibility index (Phi) is 5.53. The number of imidazole rings is 2. The molecule has 3 aromatic carbocycles. The lowest BCUT2D eigenvalue weighted by atomic mass is 10.2. The van der Waals surface area contributed by atoms with E-state index in [1.807, 2.05) is 81.4 Å². The number of aromatic nitrogens is 4. The first-order chi connectivity index (χ1) is 16.4. The zero-order valence-electron chi connectivity index (χ0n) is 19.5. The summed E-state index contributed by atoms with van der Waals surface area (Å²) in [6, 6.07) is 25.9. The van der Waals surface area contributed by atoms with Crippen molar-refractivity contribution in [3.8, 4) is 0 Å². The molecule has 0 radical (unpaired) electrons. The highest BCUT2D eigenvalue weighted by Gasteiger charge is 2.23. The number of hydrogen-bond acceptors (Lipinski definition) is 5. The third-order valence-corrected chi connectivity index (χ3v) is 5.45. The van der Waals surface area contributed by atoms with Crippen molar-refractivity contribution in [3.05, 3.63) is 90.3 Å². The molecule has 0 amide bonds. The van der Waals surface area contributed by atoms with Crippen LogP contribution in [0.15, 0.2) is 78.9 Å². The highest BCUT2D eigenvalue weighted by molar-refractivity contribution is 5.87. The predicted molar refractivity (Wildman–Crippen MR) is 134 cm³/mol. The van der Waals surface area contributed by atoms with E-state index >= 15 is 0 Å². The van der Waals surface area contributed by atoms with Crippen LogP contribution >= 0.6 is 0 Å². The minimum absolute atomic E-state index is 0.312. The molecule has 2 aromatic heterocycles. The van der Waals surface area contributed by atoms with Gasteiger partial charge in [0.2, 0.25) is 5.95 Å². The quantitative estimate of drug-likeness (QED) is 0.362. The normalized spacial score (nSPS) is 11.7. The Bertz CT molecular complexity index is 1460. The van der Waals surface area contributed by atoms with Crippen molar-refractivity contribution in [2.75, 3.05) is 5.32 Å². The first-order valence-corrected chi connectivity index (χ1v) is 11.3. The number of fused-ring (bicyclic) bond motifs is 2. The second kappa shape index (κ2) is 8.67. The zero-order chi connectivity index (χ0) is 23.7. The van der Waals surface area contributed by atoms with Crippen LogP contribution in [0.3, 0.4) is 0 Å². The van der Waals surface area contributed by atoms with Crippen LogP contribution in [0.1, 0.15) is 32.2 Å². The van der Waals surface area contributed by atoms with Crippen molar-refractivity contribution < 1.29 is 9.53 Å². The molecule has 7 heteroatoms. The molecule has 0 saturated carbocycles. The summed E-state index contributed by atoms with van der Waals surface area (Å²) in [5.41, 5.74) is 3.96. The van der Waals surface area contributed by atoms with E-state index in [0.717, 1.165) is 16.6 Å². The Hall–Kier alpha value is -4.13. The van der Waals surface area contributed by atoms with Crippen molar-refractivity contribution in [1.82, 2.24) is 19.1 Å². The third kappa shape index (κ3) is 4.37. The smallest absolute Gasteiger partial charge is 0.420 e. The molecule has 0 aliphatic carbocycles. The molecule has 0 spiro atoms. The molecule has 1 N–H and O–H groups in total. The molecular weight excluding hydrogens is 426 g/mol. The highest BCUT2D eigenvalue weighted by Crippen LogP contribution is 2.23. The van der Waals surface area contributed by atoms with Gasteiger partial charge in [-0.05, 0) is 50.6 Å². The van der Waals surface area contributed by atoms with Gasteiger partial charge in [-0.2, -0.15) is 0 Å². The summed E-state index contributed by atoms with van der Waals surface area (Å²) in [7, 11) is 0. The van der Waals surface area contributed by atoms with Gasteiger partial charge in [-0.25, -0.2) is 19.3 Å². The number of benzene rings is 3. The molecule has 7 nitrogen and oxygen atoms in total. The molecule has 34 heavy (non-hydrogen) atoms. The summed E-state index contributed by atoms with van der Waals surface area (Å²) in [5.74, 6) is 1.28. The summed E-state index contributed by atoms with van der Waals surface area (Å²) in [6.07, 6.45) is -0.448. The van der Waals surface area contributed by atoms with Gasteiger partial charge in [0.15, 0.2) is 0 Å². The van der Waals surface area contributed by atoms with E-state index in [-0.39, 0.29) is 0 Å². The number of rotatable bonds is 5. The molecule has 5 rings (SSSR count). The minimum Gasteiger partial charge on any atom is -0.443 e. The van der Waals surface area contributed by atoms with E-state index in [0.29, 0.717) is 30.4 Å². The largest absolute Gasteiger partial charge is 0.443 e. The lowest BCUT2D eigenvalue weighted by Crippen LogP contribution is -2.28. The van der Waals surface area contributed by atoms with Crippen molar-refractivity contribution >= 4 is 34.1 Å². The second-order valence-electron chi connectivity index (χ2n) is 9.18. The number of carbonyl (C=O) groups excluding carboxylic acids is 1. The van der Waals surface area contributed by atoms with Crippen LogP contribution in [0.2, 0.25) is 0 Å². The lowest BCUT2D eigenvalue weighted by molar-refractivity contribution is 0.0539. The second-order valence-corrected chi connectivity index (χ2v) is 9.18. The van der Waals surface area contributed by atoms with E-state index in [9.17, 15) is 4.79 Å². The molecule has 0 fully saturated rings. The standard InChI is InChI=1S/C27H27N5O2/c1-27(2,3)34-26(33)32-23-16-10-8-14-21(23)29-24(32)17-28-25-30-20-13-7-9-15-22(20)31(25)18-19-11-5-4-6-12-19/h4-16H,17-18H2,1-3H3,(H,28,30). The van der Waals surface area contributed by atoms with Crippen LogP contribution < -0.4 is 5.32 Å². The highest BCUT2D eigenvalue weighted by atomic mass is 16.6. The average molecular weight is 454 g/mol. The van der Waals surface area contributed by atoms with Gasteiger partial charge in [-0.3, -0.25) is 0 Å². The van der Waals surface area contributed by atoms with E-state index in [2.05, 4.69) is 28.1 Å². The fourth-order valence-corrected chi connectivity index (χ4v) is 4.00. The van der Waals surface area contributed by atoms with Crippen LogP contribution in [-0.2, 0) is 17.8 Å². The van der Waals surface area contributed by atoms with Gasteiger partial charge in [-0.1, -0.05) is 54.6 Å². The molecule has 0 saturated heterocycles. The van der Waals surface area contributed by atoms with Gasteiger partial charge in [0, 0.05) is 0 Å². The summed E-state index contributed by atoms with van der Waals surface area (Å²) >= 11 is 0. The Balaban J connectivity index is 1.50. The van der Waals surface area contributed by atoms with E-state index in [1.165, 1.54) is 10.1 Å². The number of ether oxygens (including phenoxy) is 1. The Morgan fingerprint density at radius 1 is 0.853 bits per heavy atom. The number of hydrogen-bond donors (Lipinski definition) is 1. The fraction of sp³-hybridized carbons (Fsp3) is 0.222. The average Bonchev–Trinajstić information content (AvgIpc) is 3.35. The number of carbonyl (C=O) groups is 1. The molecule has 0 atom stereocenters.